The van der Waals surface area contributed by atoms with Crippen molar-refractivity contribution in [3.05, 3.63) is 95.7 Å². The van der Waals surface area contributed by atoms with Crippen molar-refractivity contribution in [3.8, 4) is 0 Å². The maximum absolute atomic E-state index is 12.2. The van der Waals surface area contributed by atoms with Gasteiger partial charge in [-0.1, -0.05) is 68.5 Å². The summed E-state index contributed by atoms with van der Waals surface area (Å²) in [6.45, 7) is 8.50. The van der Waals surface area contributed by atoms with Crippen molar-refractivity contribution in [1.29, 1.82) is 0 Å². The highest BCUT2D eigenvalue weighted by Gasteiger charge is 2.47. The van der Waals surface area contributed by atoms with Crippen molar-refractivity contribution >= 4 is 33.6 Å². The molecule has 3 aromatic rings. The number of benzene rings is 3. The fraction of sp³-hybridized carbons (Fsp3) is 0.290. The van der Waals surface area contributed by atoms with Gasteiger partial charge in [0.25, 0.3) is 0 Å². The molecule has 0 aliphatic carbocycles. The molecule has 0 amide bonds. The summed E-state index contributed by atoms with van der Waals surface area (Å²) < 4.78 is 2.24. The largest absolute Gasteiger partial charge is 0.347 e. The number of fused-ring (bicyclic) bond motifs is 4. The van der Waals surface area contributed by atoms with Crippen molar-refractivity contribution in [2.45, 2.75) is 44.9 Å². The van der Waals surface area contributed by atoms with Gasteiger partial charge in [0.05, 0.1) is 5.41 Å². The van der Waals surface area contributed by atoms with Crippen molar-refractivity contribution in [2.24, 2.45) is 0 Å². The van der Waals surface area contributed by atoms with E-state index in [4.69, 9.17) is 0 Å². The smallest absolute Gasteiger partial charge is 0.209 e. The average Bonchev–Trinajstić information content (AvgIpc) is 3.13. The van der Waals surface area contributed by atoms with E-state index in [9.17, 15) is 4.79 Å². The first kappa shape index (κ1) is 22.3. The number of hydrogen-bond donors (Lipinski definition) is 0. The van der Waals surface area contributed by atoms with E-state index < -0.39 is 0 Å². The number of rotatable bonds is 4. The average molecular weight is 450 g/mol. The zero-order chi connectivity index (χ0) is 24.3. The minimum Gasteiger partial charge on any atom is -0.347 e. The van der Waals surface area contributed by atoms with Gasteiger partial charge in [-0.05, 0) is 42.3 Å². The summed E-state index contributed by atoms with van der Waals surface area (Å²) in [5.41, 5.74) is 7.02. The molecule has 3 nitrogen and oxygen atoms in total. The van der Waals surface area contributed by atoms with E-state index in [2.05, 4.69) is 123 Å². The number of anilines is 1. The van der Waals surface area contributed by atoms with Crippen LogP contribution in [0.2, 0.25) is 0 Å². The number of carbonyl (C=O) groups excluding carboxylic acids is 1. The van der Waals surface area contributed by atoms with Crippen molar-refractivity contribution in [3.63, 3.8) is 0 Å². The lowest BCUT2D eigenvalue weighted by Gasteiger charge is -2.24. The molecule has 1 unspecified atom stereocenters. The van der Waals surface area contributed by atoms with Crippen molar-refractivity contribution < 1.29 is 9.37 Å². The molecule has 0 radical (unpaired) electrons. The third-order valence-electron chi connectivity index (χ3n) is 7.79. The molecule has 34 heavy (non-hydrogen) atoms. The Morgan fingerprint density at radius 1 is 1.00 bits per heavy atom. The zero-order valence-electron chi connectivity index (χ0n) is 21.0. The molecule has 0 fully saturated rings. The Labute approximate surface area is 202 Å². The monoisotopic (exact) mass is 449 g/mol. The minimum atomic E-state index is -0.331. The predicted octanol–water partition coefficient (Wildman–Crippen LogP) is 6.67. The Hall–Kier alpha value is -3.46. The summed E-state index contributed by atoms with van der Waals surface area (Å²) in [5, 5.41) is 2.60. The lowest BCUT2D eigenvalue weighted by Crippen LogP contribution is -2.32. The normalized spacial score (nSPS) is 22.2. The topological polar surface area (TPSA) is 23.3 Å². The van der Waals surface area contributed by atoms with E-state index in [1.165, 1.54) is 39.0 Å². The van der Waals surface area contributed by atoms with Crippen LogP contribution in [0.15, 0.2) is 84.6 Å². The third-order valence-corrected chi connectivity index (χ3v) is 7.79. The molecule has 0 saturated carbocycles. The number of para-hydroxylation sites is 1. The molecule has 2 aliphatic rings. The van der Waals surface area contributed by atoms with Gasteiger partial charge in [-0.15, -0.1) is 0 Å². The van der Waals surface area contributed by atoms with Crippen LogP contribution < -0.4 is 4.90 Å². The SMILES string of the molecule is CC(=O)CC1(C)C(/C=C/C=C2/N(C)c3ccc4ccccc4c3C2(C)C)=[N+](C)c2ccccc21. The lowest BCUT2D eigenvalue weighted by molar-refractivity contribution is -0.401. The highest BCUT2D eigenvalue weighted by atomic mass is 16.1. The maximum Gasteiger partial charge on any atom is 0.209 e. The molecular formula is C31H33N2O+. The van der Waals surface area contributed by atoms with Gasteiger partial charge < -0.3 is 4.90 Å². The van der Waals surface area contributed by atoms with Crippen LogP contribution in [0.4, 0.5) is 11.4 Å². The van der Waals surface area contributed by atoms with Crippen LogP contribution in [0, 0.1) is 0 Å². The van der Waals surface area contributed by atoms with Crippen LogP contribution >= 0.6 is 0 Å². The summed E-state index contributed by atoms with van der Waals surface area (Å²) >= 11 is 0. The van der Waals surface area contributed by atoms with Gasteiger partial charge in [0.2, 0.25) is 5.69 Å². The van der Waals surface area contributed by atoms with E-state index in [1.54, 1.807) is 6.92 Å². The summed E-state index contributed by atoms with van der Waals surface area (Å²) in [6, 6.07) is 21.5. The first-order valence-electron chi connectivity index (χ1n) is 12.0. The van der Waals surface area contributed by atoms with Crippen LogP contribution in [-0.2, 0) is 15.6 Å². The summed E-state index contributed by atoms with van der Waals surface area (Å²) in [6.07, 6.45) is 7.10. The van der Waals surface area contributed by atoms with E-state index >= 15 is 0 Å². The Kier molecular flexibility index (Phi) is 5.12. The quantitative estimate of drug-likeness (QED) is 0.415. The predicted molar refractivity (Wildman–Crippen MR) is 143 cm³/mol. The van der Waals surface area contributed by atoms with Gasteiger partial charge in [0, 0.05) is 48.0 Å². The molecule has 0 saturated heterocycles. The first-order valence-corrected chi connectivity index (χ1v) is 12.0. The molecule has 0 N–H and O–H groups in total. The number of Topliss-reactive ketones (excluding diaryl/α,β-unsaturated/α-hetero) is 1. The summed E-state index contributed by atoms with van der Waals surface area (Å²) in [4.78, 5) is 14.6. The molecule has 0 aromatic heterocycles. The Bertz CT molecular complexity index is 1420. The number of nitrogens with zero attached hydrogens (tertiary/aromatic N) is 2. The number of allylic oxidation sites excluding steroid dienone is 4. The van der Waals surface area contributed by atoms with Gasteiger partial charge in [0.15, 0.2) is 5.71 Å². The Balaban J connectivity index is 1.57. The van der Waals surface area contributed by atoms with Crippen LogP contribution in [-0.4, -0.2) is 30.2 Å². The maximum atomic E-state index is 12.2. The number of hydrogen-bond acceptors (Lipinski definition) is 2. The highest BCUT2D eigenvalue weighted by molar-refractivity contribution is 6.06. The second kappa shape index (κ2) is 7.80. The zero-order valence-corrected chi connectivity index (χ0v) is 21.0. The van der Waals surface area contributed by atoms with Crippen LogP contribution in [0.5, 0.6) is 0 Å². The molecule has 2 heterocycles. The molecule has 3 heteroatoms. The second-order valence-corrected chi connectivity index (χ2v) is 10.4. The van der Waals surface area contributed by atoms with Crippen LogP contribution in [0.1, 0.15) is 45.2 Å². The molecule has 5 rings (SSSR count). The van der Waals surface area contributed by atoms with Crippen LogP contribution in [0.25, 0.3) is 10.8 Å². The van der Waals surface area contributed by atoms with Crippen molar-refractivity contribution in [1.82, 2.24) is 0 Å². The number of ketones is 1. The van der Waals surface area contributed by atoms with Crippen molar-refractivity contribution in [2.75, 3.05) is 19.0 Å². The van der Waals surface area contributed by atoms with Crippen LogP contribution in [0.3, 0.4) is 0 Å². The number of carbonyl (C=O) groups is 1. The van der Waals surface area contributed by atoms with E-state index in [0.717, 1.165) is 5.71 Å². The highest BCUT2D eigenvalue weighted by Crippen LogP contribution is 2.50. The molecule has 0 spiro atoms. The standard InChI is InChI=1S/C31H33N2O/c1-21(34)20-31(4)24-14-9-10-15-25(24)32(5)28(31)17-11-16-27-30(2,3)29-23-13-8-7-12-22(23)18-19-26(29)33(27)6/h7-19H,20H2,1-6H3/q+1. The van der Waals surface area contributed by atoms with E-state index in [-0.39, 0.29) is 16.6 Å². The number of likely N-dealkylation sites (N-methyl/N-ethyl adjacent to an activating group) is 1. The molecule has 2 aliphatic heterocycles. The molecule has 1 atom stereocenters. The molecule has 3 aromatic carbocycles. The van der Waals surface area contributed by atoms with Gasteiger partial charge in [-0.25, -0.2) is 0 Å². The first-order chi connectivity index (χ1) is 16.2. The minimum absolute atomic E-state index is 0.118. The third kappa shape index (κ3) is 3.18. The summed E-state index contributed by atoms with van der Waals surface area (Å²) in [5.74, 6) is 0.204. The second-order valence-electron chi connectivity index (χ2n) is 10.4. The molecule has 172 valence electrons. The Morgan fingerprint density at radius 2 is 1.71 bits per heavy atom. The Morgan fingerprint density at radius 3 is 2.47 bits per heavy atom. The van der Waals surface area contributed by atoms with Gasteiger partial charge >= 0.3 is 0 Å². The van der Waals surface area contributed by atoms with E-state index in [1.807, 2.05) is 0 Å². The van der Waals surface area contributed by atoms with Gasteiger partial charge in [-0.3, -0.25) is 4.79 Å². The molecule has 0 bridgehead atoms. The van der Waals surface area contributed by atoms with Gasteiger partial charge in [-0.2, -0.15) is 4.58 Å². The lowest BCUT2D eigenvalue weighted by atomic mass is 9.75. The van der Waals surface area contributed by atoms with Gasteiger partial charge in [0.1, 0.15) is 12.8 Å². The summed E-state index contributed by atoms with van der Waals surface area (Å²) in [7, 11) is 4.26. The fourth-order valence-electron chi connectivity index (χ4n) is 6.27. The fourth-order valence-corrected chi connectivity index (χ4v) is 6.27. The van der Waals surface area contributed by atoms with E-state index in [0.29, 0.717) is 6.42 Å². The molecular weight excluding hydrogens is 416 g/mol.